The van der Waals surface area contributed by atoms with E-state index in [0.29, 0.717) is 6.54 Å². The van der Waals surface area contributed by atoms with Gasteiger partial charge in [-0.1, -0.05) is 42.5 Å². The fraction of sp³-hybridized carbons (Fsp3) is 0.176. The first-order valence-corrected chi connectivity index (χ1v) is 6.87. The fourth-order valence-corrected chi connectivity index (χ4v) is 2.40. The first kappa shape index (κ1) is 13.4. The van der Waals surface area contributed by atoms with Crippen molar-refractivity contribution in [1.82, 2.24) is 10.2 Å². The van der Waals surface area contributed by atoms with Crippen molar-refractivity contribution in [2.75, 3.05) is 12.4 Å². The second kappa shape index (κ2) is 5.79. The third kappa shape index (κ3) is 2.65. The van der Waals surface area contributed by atoms with Crippen LogP contribution in [0, 0.1) is 6.92 Å². The quantitative estimate of drug-likeness (QED) is 0.793. The van der Waals surface area contributed by atoms with Gasteiger partial charge in [0.05, 0.1) is 12.8 Å². The van der Waals surface area contributed by atoms with E-state index in [1.165, 1.54) is 0 Å². The Hall–Kier alpha value is -2.62. The average Bonchev–Trinajstić information content (AvgIpc) is 2.55. The molecule has 0 radical (unpaired) electrons. The number of para-hydroxylation sites is 1. The lowest BCUT2D eigenvalue weighted by atomic mass is 10.1. The maximum absolute atomic E-state index is 5.36. The smallest absolute Gasteiger partial charge is 0.156 e. The predicted molar refractivity (Wildman–Crippen MR) is 84.6 cm³/mol. The van der Waals surface area contributed by atoms with E-state index >= 15 is 0 Å². The molecule has 3 rings (SSSR count). The number of hydrogen-bond acceptors (Lipinski definition) is 4. The van der Waals surface area contributed by atoms with Gasteiger partial charge in [-0.3, -0.25) is 0 Å². The fourth-order valence-electron chi connectivity index (χ4n) is 2.40. The van der Waals surface area contributed by atoms with Gasteiger partial charge in [0, 0.05) is 22.9 Å². The number of rotatable bonds is 4. The predicted octanol–water partition coefficient (Wildman–Crippen LogP) is 3.56. The van der Waals surface area contributed by atoms with Gasteiger partial charge in [-0.05, 0) is 13.0 Å². The largest absolute Gasteiger partial charge is 0.496 e. The van der Waals surface area contributed by atoms with Gasteiger partial charge >= 0.3 is 0 Å². The van der Waals surface area contributed by atoms with Gasteiger partial charge < -0.3 is 10.1 Å². The zero-order valence-corrected chi connectivity index (χ0v) is 12.1. The molecule has 0 fully saturated rings. The zero-order valence-electron chi connectivity index (χ0n) is 12.1. The van der Waals surface area contributed by atoms with E-state index in [-0.39, 0.29) is 0 Å². The number of benzene rings is 2. The van der Waals surface area contributed by atoms with Crippen LogP contribution in [0.2, 0.25) is 0 Å². The SMILES string of the molecule is COc1ccccc1CNc1nnc(C)c2ccccc12. The van der Waals surface area contributed by atoms with E-state index in [1.54, 1.807) is 7.11 Å². The third-order valence-corrected chi connectivity index (χ3v) is 3.51. The molecule has 0 aliphatic heterocycles. The number of hydrogen-bond donors (Lipinski definition) is 1. The number of aromatic nitrogens is 2. The molecule has 0 atom stereocenters. The average molecular weight is 279 g/mol. The summed E-state index contributed by atoms with van der Waals surface area (Å²) in [5.41, 5.74) is 2.03. The molecule has 1 aromatic heterocycles. The summed E-state index contributed by atoms with van der Waals surface area (Å²) in [5, 5.41) is 14.0. The summed E-state index contributed by atoms with van der Waals surface area (Å²) in [7, 11) is 1.68. The molecule has 0 saturated heterocycles. The van der Waals surface area contributed by atoms with Gasteiger partial charge in [0.1, 0.15) is 5.75 Å². The highest BCUT2D eigenvalue weighted by atomic mass is 16.5. The van der Waals surface area contributed by atoms with Crippen LogP contribution < -0.4 is 10.1 Å². The molecule has 1 N–H and O–H groups in total. The second-order valence-electron chi connectivity index (χ2n) is 4.85. The number of nitrogens with one attached hydrogen (secondary N) is 1. The van der Waals surface area contributed by atoms with Gasteiger partial charge in [0.15, 0.2) is 5.82 Å². The summed E-state index contributed by atoms with van der Waals surface area (Å²) in [6.07, 6.45) is 0. The van der Waals surface area contributed by atoms with Crippen molar-refractivity contribution in [1.29, 1.82) is 0 Å². The molecule has 0 spiro atoms. The number of nitrogens with zero attached hydrogens (tertiary/aromatic N) is 2. The Balaban J connectivity index is 1.91. The van der Waals surface area contributed by atoms with E-state index < -0.39 is 0 Å². The minimum Gasteiger partial charge on any atom is -0.496 e. The van der Waals surface area contributed by atoms with Crippen molar-refractivity contribution in [2.24, 2.45) is 0 Å². The Labute approximate surface area is 123 Å². The minimum absolute atomic E-state index is 0.645. The van der Waals surface area contributed by atoms with Crippen molar-refractivity contribution >= 4 is 16.6 Å². The van der Waals surface area contributed by atoms with Crippen molar-refractivity contribution < 1.29 is 4.74 Å². The molecule has 21 heavy (non-hydrogen) atoms. The molecule has 4 nitrogen and oxygen atoms in total. The van der Waals surface area contributed by atoms with Gasteiger partial charge in [0.2, 0.25) is 0 Å². The second-order valence-corrected chi connectivity index (χ2v) is 4.85. The summed E-state index contributed by atoms with van der Waals surface area (Å²) in [6, 6.07) is 16.1. The van der Waals surface area contributed by atoms with E-state index in [2.05, 4.69) is 27.6 Å². The van der Waals surface area contributed by atoms with Crippen LogP contribution in [0.25, 0.3) is 10.8 Å². The van der Waals surface area contributed by atoms with Crippen LogP contribution in [-0.2, 0) is 6.54 Å². The molecule has 0 unspecified atom stereocenters. The van der Waals surface area contributed by atoms with Gasteiger partial charge in [0.25, 0.3) is 0 Å². The van der Waals surface area contributed by atoms with Gasteiger partial charge in [-0.25, -0.2) is 0 Å². The minimum atomic E-state index is 0.645. The summed E-state index contributed by atoms with van der Waals surface area (Å²) >= 11 is 0. The Morgan fingerprint density at radius 3 is 2.48 bits per heavy atom. The van der Waals surface area contributed by atoms with Gasteiger partial charge in [-0.2, -0.15) is 5.10 Å². The van der Waals surface area contributed by atoms with Crippen LogP contribution in [0.3, 0.4) is 0 Å². The molecular formula is C17H17N3O. The Morgan fingerprint density at radius 2 is 1.67 bits per heavy atom. The summed E-state index contributed by atoms with van der Waals surface area (Å²) < 4.78 is 5.36. The monoisotopic (exact) mass is 279 g/mol. The lowest BCUT2D eigenvalue weighted by molar-refractivity contribution is 0.410. The number of aryl methyl sites for hydroxylation is 1. The van der Waals surface area contributed by atoms with Crippen LogP contribution >= 0.6 is 0 Å². The highest BCUT2D eigenvalue weighted by Crippen LogP contribution is 2.24. The molecule has 0 saturated carbocycles. The molecule has 0 amide bonds. The lowest BCUT2D eigenvalue weighted by Gasteiger charge is -2.11. The maximum Gasteiger partial charge on any atom is 0.156 e. The Bertz CT molecular complexity index is 771. The first-order valence-electron chi connectivity index (χ1n) is 6.87. The number of ether oxygens (including phenoxy) is 1. The van der Waals surface area contributed by atoms with Gasteiger partial charge in [-0.15, -0.1) is 5.10 Å². The molecule has 4 heteroatoms. The Morgan fingerprint density at radius 1 is 0.952 bits per heavy atom. The van der Waals surface area contributed by atoms with E-state index in [1.807, 2.05) is 43.3 Å². The highest BCUT2D eigenvalue weighted by molar-refractivity contribution is 5.92. The first-order chi connectivity index (χ1) is 10.3. The normalized spacial score (nSPS) is 10.6. The lowest BCUT2D eigenvalue weighted by Crippen LogP contribution is -2.05. The number of methoxy groups -OCH3 is 1. The summed E-state index contributed by atoms with van der Waals surface area (Å²) in [5.74, 6) is 1.66. The molecular weight excluding hydrogens is 262 g/mol. The van der Waals surface area contributed by atoms with Crippen molar-refractivity contribution in [2.45, 2.75) is 13.5 Å². The van der Waals surface area contributed by atoms with Crippen molar-refractivity contribution in [3.8, 4) is 5.75 Å². The van der Waals surface area contributed by atoms with E-state index in [9.17, 15) is 0 Å². The van der Waals surface area contributed by atoms with Crippen molar-refractivity contribution in [3.05, 3.63) is 59.8 Å². The molecule has 0 aliphatic carbocycles. The topological polar surface area (TPSA) is 47.0 Å². The molecule has 0 aliphatic rings. The van der Waals surface area contributed by atoms with Crippen LogP contribution in [-0.4, -0.2) is 17.3 Å². The maximum atomic E-state index is 5.36. The molecule has 106 valence electrons. The van der Waals surface area contributed by atoms with Crippen LogP contribution in [0.1, 0.15) is 11.3 Å². The number of fused-ring (bicyclic) bond motifs is 1. The van der Waals surface area contributed by atoms with Crippen LogP contribution in [0.4, 0.5) is 5.82 Å². The summed E-state index contributed by atoms with van der Waals surface area (Å²) in [6.45, 7) is 2.62. The third-order valence-electron chi connectivity index (χ3n) is 3.51. The van der Waals surface area contributed by atoms with Crippen LogP contribution in [0.15, 0.2) is 48.5 Å². The summed E-state index contributed by atoms with van der Waals surface area (Å²) in [4.78, 5) is 0. The van der Waals surface area contributed by atoms with E-state index in [0.717, 1.165) is 33.6 Å². The standard InChI is InChI=1S/C17H17N3O/c1-12-14-8-4-5-9-15(14)17(20-19-12)18-11-13-7-3-6-10-16(13)21-2/h3-10H,11H2,1-2H3,(H,18,20). The molecule has 1 heterocycles. The molecule has 3 aromatic rings. The highest BCUT2D eigenvalue weighted by Gasteiger charge is 2.07. The molecule has 2 aromatic carbocycles. The van der Waals surface area contributed by atoms with Crippen LogP contribution in [0.5, 0.6) is 5.75 Å². The molecule has 0 bridgehead atoms. The Kier molecular flexibility index (Phi) is 3.69. The number of anilines is 1. The zero-order chi connectivity index (χ0) is 14.7. The van der Waals surface area contributed by atoms with E-state index in [4.69, 9.17) is 4.74 Å². The van der Waals surface area contributed by atoms with Crippen molar-refractivity contribution in [3.63, 3.8) is 0 Å².